The van der Waals surface area contributed by atoms with Gasteiger partial charge in [0.25, 0.3) is 0 Å². The van der Waals surface area contributed by atoms with E-state index in [2.05, 4.69) is 15.3 Å². The molecular formula is C10H15N3O2. The van der Waals surface area contributed by atoms with Gasteiger partial charge in [0, 0.05) is 19.0 Å². The number of nitrogens with one attached hydrogen (secondary N) is 1. The van der Waals surface area contributed by atoms with Crippen molar-refractivity contribution in [1.29, 1.82) is 0 Å². The Labute approximate surface area is 88.9 Å². The third-order valence-electron chi connectivity index (χ3n) is 1.89. The van der Waals surface area contributed by atoms with Crippen LogP contribution in [-0.4, -0.2) is 29.6 Å². The summed E-state index contributed by atoms with van der Waals surface area (Å²) in [5.74, 6) is -0.00971. The smallest absolute Gasteiger partial charge is 0.231 e. The molecule has 0 radical (unpaired) electrons. The summed E-state index contributed by atoms with van der Waals surface area (Å²) >= 11 is 0. The molecule has 1 unspecified atom stereocenters. The fourth-order valence-electron chi connectivity index (χ4n) is 1.07. The highest BCUT2D eigenvalue weighted by molar-refractivity contribution is 5.90. The molecule has 1 amide bonds. The van der Waals surface area contributed by atoms with E-state index in [1.165, 1.54) is 0 Å². The van der Waals surface area contributed by atoms with E-state index >= 15 is 0 Å². The summed E-state index contributed by atoms with van der Waals surface area (Å²) in [6.07, 6.45) is 1.61. The Kier molecular flexibility index (Phi) is 4.17. The molecule has 1 heterocycles. The van der Waals surface area contributed by atoms with E-state index in [1.807, 2.05) is 6.92 Å². The molecule has 1 aromatic rings. The van der Waals surface area contributed by atoms with Crippen LogP contribution >= 0.6 is 0 Å². The predicted octanol–water partition coefficient (Wildman–Crippen LogP) is 1.01. The molecule has 0 saturated carbocycles. The molecule has 15 heavy (non-hydrogen) atoms. The van der Waals surface area contributed by atoms with Gasteiger partial charge in [0.1, 0.15) is 0 Å². The van der Waals surface area contributed by atoms with Crippen molar-refractivity contribution in [3.8, 4) is 0 Å². The minimum Gasteiger partial charge on any atom is -0.384 e. The fraction of sp³-hybridized carbons (Fsp3) is 0.500. The van der Waals surface area contributed by atoms with Gasteiger partial charge in [-0.15, -0.1) is 0 Å². The highest BCUT2D eigenvalue weighted by atomic mass is 16.5. The van der Waals surface area contributed by atoms with Crippen molar-refractivity contribution in [1.82, 2.24) is 9.97 Å². The number of ether oxygens (including phenoxy) is 1. The Morgan fingerprint density at radius 1 is 1.67 bits per heavy atom. The molecule has 5 heteroatoms. The lowest BCUT2D eigenvalue weighted by molar-refractivity contribution is -0.120. The van der Waals surface area contributed by atoms with Gasteiger partial charge < -0.3 is 4.74 Å². The number of amides is 1. The Morgan fingerprint density at radius 3 is 3.00 bits per heavy atom. The average Bonchev–Trinajstić information content (AvgIpc) is 2.18. The number of carbonyl (C=O) groups is 1. The maximum absolute atomic E-state index is 11.5. The van der Waals surface area contributed by atoms with Crippen molar-refractivity contribution in [2.24, 2.45) is 5.92 Å². The lowest BCUT2D eigenvalue weighted by Crippen LogP contribution is -2.24. The van der Waals surface area contributed by atoms with Gasteiger partial charge in [0.2, 0.25) is 11.9 Å². The Morgan fingerprint density at radius 2 is 2.40 bits per heavy atom. The molecule has 0 aliphatic rings. The van der Waals surface area contributed by atoms with Crippen LogP contribution in [0.3, 0.4) is 0 Å². The Bertz CT molecular complexity index is 341. The van der Waals surface area contributed by atoms with Crippen molar-refractivity contribution in [2.45, 2.75) is 13.8 Å². The van der Waals surface area contributed by atoms with E-state index in [0.717, 1.165) is 5.69 Å². The van der Waals surface area contributed by atoms with E-state index in [4.69, 9.17) is 4.74 Å². The first-order chi connectivity index (χ1) is 7.13. The van der Waals surface area contributed by atoms with Crippen LogP contribution in [0.2, 0.25) is 0 Å². The van der Waals surface area contributed by atoms with E-state index in [0.29, 0.717) is 12.6 Å². The summed E-state index contributed by atoms with van der Waals surface area (Å²) in [6, 6.07) is 1.77. The van der Waals surface area contributed by atoms with Gasteiger partial charge >= 0.3 is 0 Å². The van der Waals surface area contributed by atoms with Crippen molar-refractivity contribution in [2.75, 3.05) is 19.0 Å². The minimum atomic E-state index is -0.209. The number of hydrogen-bond acceptors (Lipinski definition) is 4. The molecule has 82 valence electrons. The largest absolute Gasteiger partial charge is 0.384 e. The number of aromatic nitrogens is 2. The van der Waals surface area contributed by atoms with Crippen LogP contribution in [0.5, 0.6) is 0 Å². The number of carbonyl (C=O) groups excluding carboxylic acids is 1. The summed E-state index contributed by atoms with van der Waals surface area (Å²) in [5.41, 5.74) is 0.819. The molecule has 0 aliphatic heterocycles. The molecule has 1 rings (SSSR count). The molecular weight excluding hydrogens is 194 g/mol. The molecule has 0 saturated heterocycles. The van der Waals surface area contributed by atoms with Gasteiger partial charge in [-0.1, -0.05) is 6.92 Å². The van der Waals surface area contributed by atoms with Gasteiger partial charge in [0.05, 0.1) is 12.5 Å². The Hall–Kier alpha value is -1.49. The zero-order chi connectivity index (χ0) is 11.3. The normalized spacial score (nSPS) is 12.2. The van der Waals surface area contributed by atoms with Gasteiger partial charge in [-0.3, -0.25) is 10.1 Å². The van der Waals surface area contributed by atoms with Crippen molar-refractivity contribution < 1.29 is 9.53 Å². The highest BCUT2D eigenvalue weighted by Gasteiger charge is 2.13. The van der Waals surface area contributed by atoms with Gasteiger partial charge in [0.15, 0.2) is 0 Å². The first-order valence-corrected chi connectivity index (χ1v) is 4.73. The minimum absolute atomic E-state index is 0.137. The lowest BCUT2D eigenvalue weighted by atomic mass is 10.2. The second kappa shape index (κ2) is 5.41. The zero-order valence-electron chi connectivity index (χ0n) is 9.15. The number of hydrogen-bond donors (Lipinski definition) is 1. The fourth-order valence-corrected chi connectivity index (χ4v) is 1.07. The lowest BCUT2D eigenvalue weighted by Gasteiger charge is -2.09. The second-order valence-electron chi connectivity index (χ2n) is 3.37. The number of methoxy groups -OCH3 is 1. The average molecular weight is 209 g/mol. The Balaban J connectivity index is 2.58. The number of rotatable bonds is 4. The molecule has 5 nitrogen and oxygen atoms in total. The number of anilines is 1. The van der Waals surface area contributed by atoms with Gasteiger partial charge in [-0.2, -0.15) is 0 Å². The summed E-state index contributed by atoms with van der Waals surface area (Å²) in [7, 11) is 1.56. The summed E-state index contributed by atoms with van der Waals surface area (Å²) in [4.78, 5) is 19.6. The van der Waals surface area contributed by atoms with E-state index in [-0.39, 0.29) is 11.8 Å². The van der Waals surface area contributed by atoms with Crippen LogP contribution in [0.1, 0.15) is 12.6 Å². The van der Waals surface area contributed by atoms with Crippen LogP contribution in [0, 0.1) is 12.8 Å². The maximum atomic E-state index is 11.5. The van der Waals surface area contributed by atoms with Crippen molar-refractivity contribution in [3.63, 3.8) is 0 Å². The third kappa shape index (κ3) is 3.63. The van der Waals surface area contributed by atoms with E-state index < -0.39 is 0 Å². The molecule has 1 N–H and O–H groups in total. The zero-order valence-corrected chi connectivity index (χ0v) is 9.15. The predicted molar refractivity (Wildman–Crippen MR) is 56.4 cm³/mol. The first-order valence-electron chi connectivity index (χ1n) is 4.73. The molecule has 0 aliphatic carbocycles. The number of nitrogens with zero attached hydrogens (tertiary/aromatic N) is 2. The molecule has 0 bridgehead atoms. The summed E-state index contributed by atoms with van der Waals surface area (Å²) < 4.78 is 4.88. The number of aryl methyl sites for hydroxylation is 1. The molecule has 0 fully saturated rings. The third-order valence-corrected chi connectivity index (χ3v) is 1.89. The highest BCUT2D eigenvalue weighted by Crippen LogP contribution is 2.03. The first kappa shape index (κ1) is 11.6. The SMILES string of the molecule is COCC(C)C(=O)Nc1nccc(C)n1. The summed E-state index contributed by atoms with van der Waals surface area (Å²) in [5, 5.41) is 2.63. The van der Waals surface area contributed by atoms with Crippen LogP contribution < -0.4 is 5.32 Å². The molecule has 0 aromatic carbocycles. The van der Waals surface area contributed by atoms with Crippen LogP contribution in [0.25, 0.3) is 0 Å². The molecule has 1 atom stereocenters. The molecule has 0 spiro atoms. The van der Waals surface area contributed by atoms with E-state index in [9.17, 15) is 4.79 Å². The van der Waals surface area contributed by atoms with Crippen LogP contribution in [0.4, 0.5) is 5.95 Å². The van der Waals surface area contributed by atoms with Gasteiger partial charge in [-0.25, -0.2) is 9.97 Å². The van der Waals surface area contributed by atoms with Crippen molar-refractivity contribution in [3.05, 3.63) is 18.0 Å². The van der Waals surface area contributed by atoms with Crippen LogP contribution in [0.15, 0.2) is 12.3 Å². The quantitative estimate of drug-likeness (QED) is 0.803. The topological polar surface area (TPSA) is 64.1 Å². The second-order valence-corrected chi connectivity index (χ2v) is 3.37. The monoisotopic (exact) mass is 209 g/mol. The van der Waals surface area contributed by atoms with Crippen LogP contribution in [-0.2, 0) is 9.53 Å². The standard InChI is InChI=1S/C10H15N3O2/c1-7(6-15-3)9(14)13-10-11-5-4-8(2)12-10/h4-5,7H,6H2,1-3H3,(H,11,12,13,14). The maximum Gasteiger partial charge on any atom is 0.231 e. The van der Waals surface area contributed by atoms with Crippen molar-refractivity contribution >= 4 is 11.9 Å². The summed E-state index contributed by atoms with van der Waals surface area (Å²) in [6.45, 7) is 4.02. The van der Waals surface area contributed by atoms with Gasteiger partial charge in [-0.05, 0) is 13.0 Å². The van der Waals surface area contributed by atoms with E-state index in [1.54, 1.807) is 26.3 Å². The molecule has 1 aromatic heterocycles.